The van der Waals surface area contributed by atoms with Crippen molar-refractivity contribution in [3.8, 4) is 17.0 Å². The summed E-state index contributed by atoms with van der Waals surface area (Å²) in [5.41, 5.74) is 2.38. The molecule has 1 aromatic heterocycles. The number of H-pyrrole nitrogens is 1. The molecule has 0 radical (unpaired) electrons. The zero-order chi connectivity index (χ0) is 21.3. The smallest absolute Gasteiger partial charge is 0.325 e. The summed E-state index contributed by atoms with van der Waals surface area (Å²) < 4.78 is 7.07. The molecule has 0 spiro atoms. The van der Waals surface area contributed by atoms with Crippen LogP contribution in [0.5, 0.6) is 5.75 Å². The number of amides is 1. The quantitative estimate of drug-likeness (QED) is 0.504. The summed E-state index contributed by atoms with van der Waals surface area (Å²) in [6.07, 6.45) is 2.36. The van der Waals surface area contributed by atoms with Gasteiger partial charge < -0.3 is 4.74 Å². The predicted molar refractivity (Wildman–Crippen MR) is 116 cm³/mol. The van der Waals surface area contributed by atoms with Gasteiger partial charge in [0.25, 0.3) is 6.17 Å². The molecule has 7 nitrogen and oxygen atoms in total. The van der Waals surface area contributed by atoms with Gasteiger partial charge >= 0.3 is 11.3 Å². The Balaban J connectivity index is 2.06. The van der Waals surface area contributed by atoms with Crippen LogP contribution in [0.1, 0.15) is 31.5 Å². The second-order valence-corrected chi connectivity index (χ2v) is 7.73. The number of anilines is 1. The molecule has 8 heteroatoms. The van der Waals surface area contributed by atoms with Gasteiger partial charge in [0.15, 0.2) is 0 Å². The van der Waals surface area contributed by atoms with Gasteiger partial charge in [0.2, 0.25) is 11.1 Å². The molecule has 1 aliphatic rings. The Bertz CT molecular complexity index is 1160. The van der Waals surface area contributed by atoms with Gasteiger partial charge in [0.05, 0.1) is 18.4 Å². The zero-order valence-corrected chi connectivity index (χ0v) is 17.9. The van der Waals surface area contributed by atoms with E-state index in [2.05, 4.69) is 10.1 Å². The van der Waals surface area contributed by atoms with E-state index in [1.54, 1.807) is 16.7 Å². The number of nitrogens with zero attached hydrogens (tertiary/aromatic N) is 3. The fraction of sp³-hybridized carbons (Fsp3) is 0.273. The molecule has 0 saturated carbocycles. The molecule has 0 aliphatic carbocycles. The molecule has 0 saturated heterocycles. The standard InChI is InChI=1S/C22H22N4O3S/c1-4-8-18(27)25-17-12-6-5-11-16(17)19-20(28)23-22(30-3)24-26(19)21(25)14-9-7-10-15(13-14)29-2/h5-7,9-13,21H,4,8H2,1-3H3/p+1/t21-/m1/s1. The van der Waals surface area contributed by atoms with Crippen LogP contribution in [0.4, 0.5) is 5.69 Å². The number of carbonyl (C=O) groups is 1. The fourth-order valence-electron chi connectivity index (χ4n) is 3.77. The molecule has 1 atom stereocenters. The number of para-hydroxylation sites is 1. The molecule has 1 N–H and O–H groups in total. The first-order valence-electron chi connectivity index (χ1n) is 9.74. The molecule has 4 rings (SSSR count). The average molecular weight is 424 g/mol. The zero-order valence-electron chi connectivity index (χ0n) is 17.1. The number of aromatic nitrogens is 3. The molecule has 0 bridgehead atoms. The minimum Gasteiger partial charge on any atom is -0.497 e. The molecule has 0 unspecified atom stereocenters. The Morgan fingerprint density at radius 1 is 1.27 bits per heavy atom. The van der Waals surface area contributed by atoms with Crippen molar-refractivity contribution >= 4 is 23.4 Å². The maximum Gasteiger partial charge on any atom is 0.325 e. The van der Waals surface area contributed by atoms with Crippen molar-refractivity contribution in [1.82, 2.24) is 10.1 Å². The average Bonchev–Trinajstić information content (AvgIpc) is 2.77. The molecular formula is C22H23N4O3S+. The summed E-state index contributed by atoms with van der Waals surface area (Å²) in [6.45, 7) is 1.98. The number of rotatable bonds is 5. The number of methoxy groups -OCH3 is 1. The highest BCUT2D eigenvalue weighted by molar-refractivity contribution is 7.98. The SMILES string of the molecule is CCCC(=O)N1c2ccccc2-c2c(=O)[nH]c(SC)n[n+]2[C@@H]1c1cccc(OC)c1. The number of hydrogen-bond acceptors (Lipinski definition) is 5. The number of fused-ring (bicyclic) bond motifs is 3. The lowest BCUT2D eigenvalue weighted by Gasteiger charge is -2.32. The summed E-state index contributed by atoms with van der Waals surface area (Å²) in [6, 6.07) is 15.0. The van der Waals surface area contributed by atoms with E-state index in [1.807, 2.05) is 61.7 Å². The molecular weight excluding hydrogens is 400 g/mol. The minimum atomic E-state index is -0.600. The highest BCUT2D eigenvalue weighted by atomic mass is 32.2. The van der Waals surface area contributed by atoms with Crippen LogP contribution in [0.15, 0.2) is 58.5 Å². The summed E-state index contributed by atoms with van der Waals surface area (Å²) >= 11 is 1.35. The van der Waals surface area contributed by atoms with Crippen molar-refractivity contribution in [3.63, 3.8) is 0 Å². The fourth-order valence-corrected chi connectivity index (χ4v) is 4.13. The molecule has 0 fully saturated rings. The van der Waals surface area contributed by atoms with Crippen molar-refractivity contribution in [3.05, 3.63) is 64.4 Å². The second kappa shape index (κ2) is 8.31. The van der Waals surface area contributed by atoms with Crippen molar-refractivity contribution in [2.75, 3.05) is 18.3 Å². The van der Waals surface area contributed by atoms with E-state index in [0.29, 0.717) is 34.3 Å². The van der Waals surface area contributed by atoms with Crippen molar-refractivity contribution in [1.29, 1.82) is 0 Å². The van der Waals surface area contributed by atoms with E-state index in [0.717, 1.165) is 12.0 Å². The lowest BCUT2D eigenvalue weighted by Crippen LogP contribution is -2.60. The number of aromatic amines is 1. The van der Waals surface area contributed by atoms with Gasteiger partial charge in [-0.05, 0) is 47.7 Å². The van der Waals surface area contributed by atoms with Crippen LogP contribution in [0, 0.1) is 0 Å². The van der Waals surface area contributed by atoms with E-state index in [4.69, 9.17) is 4.74 Å². The number of thioether (sulfide) groups is 1. The molecule has 154 valence electrons. The van der Waals surface area contributed by atoms with E-state index >= 15 is 0 Å². The van der Waals surface area contributed by atoms with Gasteiger partial charge in [-0.25, -0.2) is 4.90 Å². The first kappa shape index (κ1) is 20.2. The largest absolute Gasteiger partial charge is 0.497 e. The monoisotopic (exact) mass is 423 g/mol. The molecule has 1 aliphatic heterocycles. The topological polar surface area (TPSA) is 79.2 Å². The Morgan fingerprint density at radius 3 is 2.80 bits per heavy atom. The highest BCUT2D eigenvalue weighted by Crippen LogP contribution is 2.38. The number of carbonyl (C=O) groups excluding carboxylic acids is 1. The number of nitrogens with one attached hydrogen (secondary N) is 1. The molecule has 1 amide bonds. The third kappa shape index (κ3) is 3.37. The Morgan fingerprint density at radius 2 is 2.07 bits per heavy atom. The Hall–Kier alpha value is -3.13. The number of hydrogen-bond donors (Lipinski definition) is 1. The van der Waals surface area contributed by atoms with Crippen LogP contribution in [-0.2, 0) is 4.79 Å². The summed E-state index contributed by atoms with van der Waals surface area (Å²) in [5, 5.41) is 5.17. The van der Waals surface area contributed by atoms with Gasteiger partial charge in [-0.15, -0.1) is 0 Å². The summed E-state index contributed by atoms with van der Waals surface area (Å²) in [4.78, 5) is 30.9. The highest BCUT2D eigenvalue weighted by Gasteiger charge is 2.45. The molecule has 30 heavy (non-hydrogen) atoms. The van der Waals surface area contributed by atoms with Crippen molar-refractivity contribution < 1.29 is 14.2 Å². The van der Waals surface area contributed by atoms with Crippen LogP contribution in [-0.4, -0.2) is 29.4 Å². The lowest BCUT2D eigenvalue weighted by molar-refractivity contribution is -0.763. The van der Waals surface area contributed by atoms with Gasteiger partial charge in [0.1, 0.15) is 5.75 Å². The van der Waals surface area contributed by atoms with E-state index < -0.39 is 6.17 Å². The van der Waals surface area contributed by atoms with Gasteiger partial charge in [-0.2, -0.15) is 0 Å². The predicted octanol–water partition coefficient (Wildman–Crippen LogP) is 3.15. The number of benzene rings is 2. The lowest BCUT2D eigenvalue weighted by atomic mass is 10.0. The van der Waals surface area contributed by atoms with E-state index in [1.165, 1.54) is 11.8 Å². The Labute approximate surface area is 178 Å². The molecule has 2 heterocycles. The van der Waals surface area contributed by atoms with Gasteiger partial charge in [-0.3, -0.25) is 14.6 Å². The van der Waals surface area contributed by atoms with Gasteiger partial charge in [-0.1, -0.05) is 36.9 Å². The van der Waals surface area contributed by atoms with E-state index in [-0.39, 0.29) is 11.5 Å². The van der Waals surface area contributed by atoms with Crippen molar-refractivity contribution in [2.45, 2.75) is 31.1 Å². The maximum absolute atomic E-state index is 13.3. The molecule has 3 aromatic rings. The van der Waals surface area contributed by atoms with E-state index in [9.17, 15) is 9.59 Å². The first-order valence-corrected chi connectivity index (χ1v) is 11.0. The van der Waals surface area contributed by atoms with Gasteiger partial charge in [0, 0.05) is 17.1 Å². The maximum atomic E-state index is 13.3. The van der Waals surface area contributed by atoms with Crippen LogP contribution < -0.4 is 19.9 Å². The first-order chi connectivity index (χ1) is 14.6. The van der Waals surface area contributed by atoms with Crippen molar-refractivity contribution in [2.24, 2.45) is 0 Å². The molecule has 2 aromatic carbocycles. The Kier molecular flexibility index (Phi) is 5.59. The normalized spacial score (nSPS) is 14.8. The van der Waals surface area contributed by atoms with Crippen LogP contribution in [0.25, 0.3) is 11.3 Å². The second-order valence-electron chi connectivity index (χ2n) is 6.94. The third-order valence-corrected chi connectivity index (χ3v) is 5.65. The van der Waals surface area contributed by atoms with Crippen LogP contribution in [0.2, 0.25) is 0 Å². The van der Waals surface area contributed by atoms with Crippen LogP contribution >= 0.6 is 11.8 Å². The third-order valence-electron chi connectivity index (χ3n) is 5.08. The van der Waals surface area contributed by atoms with Crippen LogP contribution in [0.3, 0.4) is 0 Å². The minimum absolute atomic E-state index is 0.0243. The number of ether oxygens (including phenoxy) is 1. The summed E-state index contributed by atoms with van der Waals surface area (Å²) in [7, 11) is 1.60. The summed E-state index contributed by atoms with van der Waals surface area (Å²) in [5.74, 6) is 0.648.